The molecule has 1 aromatic carbocycles. The van der Waals surface area contributed by atoms with Gasteiger partial charge < -0.3 is 9.47 Å². The highest BCUT2D eigenvalue weighted by Gasteiger charge is 1.95. The molecule has 0 amide bonds. The molecule has 0 aliphatic heterocycles. The highest BCUT2D eigenvalue weighted by atomic mass is 16.7. The van der Waals surface area contributed by atoms with Crippen molar-refractivity contribution in [1.29, 1.82) is 0 Å². The van der Waals surface area contributed by atoms with E-state index in [1.165, 1.54) is 31.2 Å². The number of benzene rings is 1. The number of ether oxygens (including phenoxy) is 2. The van der Waals surface area contributed by atoms with E-state index in [2.05, 4.69) is 19.1 Å². The molecule has 0 fully saturated rings. The SMILES string of the molecule is CCCCCc1ccc(OCOC)cc1. The third-order valence-corrected chi connectivity index (χ3v) is 2.34. The molecule has 2 heteroatoms. The van der Waals surface area contributed by atoms with Crippen molar-refractivity contribution in [2.75, 3.05) is 13.9 Å². The van der Waals surface area contributed by atoms with Crippen LogP contribution in [0.4, 0.5) is 0 Å². The van der Waals surface area contributed by atoms with Gasteiger partial charge in [0.05, 0.1) is 0 Å². The van der Waals surface area contributed by atoms with Gasteiger partial charge in [0.1, 0.15) is 5.75 Å². The van der Waals surface area contributed by atoms with Crippen LogP contribution in [0.3, 0.4) is 0 Å². The third-order valence-electron chi connectivity index (χ3n) is 2.34. The predicted molar refractivity (Wildman–Crippen MR) is 62.2 cm³/mol. The van der Waals surface area contributed by atoms with E-state index in [9.17, 15) is 0 Å². The molecule has 1 rings (SSSR count). The summed E-state index contributed by atoms with van der Waals surface area (Å²) in [5.41, 5.74) is 1.38. The van der Waals surface area contributed by atoms with Crippen molar-refractivity contribution >= 4 is 0 Å². The molecule has 0 spiro atoms. The molecule has 0 aliphatic carbocycles. The summed E-state index contributed by atoms with van der Waals surface area (Å²) >= 11 is 0. The van der Waals surface area contributed by atoms with Gasteiger partial charge in [-0.15, -0.1) is 0 Å². The normalized spacial score (nSPS) is 10.3. The summed E-state index contributed by atoms with van der Waals surface area (Å²) in [5.74, 6) is 0.871. The van der Waals surface area contributed by atoms with Crippen molar-refractivity contribution in [1.82, 2.24) is 0 Å². The monoisotopic (exact) mass is 208 g/mol. The molecule has 2 nitrogen and oxygen atoms in total. The Labute approximate surface area is 92.2 Å². The average molecular weight is 208 g/mol. The molecule has 0 aromatic heterocycles. The van der Waals surface area contributed by atoms with Crippen molar-refractivity contribution in [3.8, 4) is 5.75 Å². The summed E-state index contributed by atoms with van der Waals surface area (Å²) in [6.07, 6.45) is 5.02. The van der Waals surface area contributed by atoms with E-state index in [1.54, 1.807) is 7.11 Å². The zero-order valence-electron chi connectivity index (χ0n) is 9.66. The van der Waals surface area contributed by atoms with Crippen molar-refractivity contribution in [2.24, 2.45) is 0 Å². The van der Waals surface area contributed by atoms with Crippen LogP contribution in [0.1, 0.15) is 31.7 Å². The quantitative estimate of drug-likeness (QED) is 0.505. The van der Waals surface area contributed by atoms with Crippen LogP contribution in [-0.2, 0) is 11.2 Å². The Morgan fingerprint density at radius 2 is 1.80 bits per heavy atom. The summed E-state index contributed by atoms with van der Waals surface area (Å²) in [4.78, 5) is 0. The zero-order valence-corrected chi connectivity index (χ0v) is 9.66. The number of methoxy groups -OCH3 is 1. The minimum absolute atomic E-state index is 0.315. The predicted octanol–water partition coefficient (Wildman–Crippen LogP) is 3.40. The van der Waals surface area contributed by atoms with Gasteiger partial charge in [-0.05, 0) is 30.5 Å². The van der Waals surface area contributed by atoms with Gasteiger partial charge >= 0.3 is 0 Å². The van der Waals surface area contributed by atoms with Crippen LogP contribution >= 0.6 is 0 Å². The highest BCUT2D eigenvalue weighted by molar-refractivity contribution is 5.27. The maximum Gasteiger partial charge on any atom is 0.188 e. The summed E-state index contributed by atoms with van der Waals surface area (Å²) < 4.78 is 10.1. The largest absolute Gasteiger partial charge is 0.468 e. The topological polar surface area (TPSA) is 18.5 Å². The van der Waals surface area contributed by atoms with Gasteiger partial charge in [0.25, 0.3) is 0 Å². The molecule has 0 bridgehead atoms. The third kappa shape index (κ3) is 4.84. The summed E-state index contributed by atoms with van der Waals surface area (Å²) in [6, 6.07) is 8.25. The molecule has 0 saturated heterocycles. The number of hydrogen-bond acceptors (Lipinski definition) is 2. The van der Waals surface area contributed by atoms with E-state index in [4.69, 9.17) is 9.47 Å². The first-order chi connectivity index (χ1) is 7.36. The molecule has 84 valence electrons. The Morgan fingerprint density at radius 3 is 2.40 bits per heavy atom. The van der Waals surface area contributed by atoms with Gasteiger partial charge in [0.15, 0.2) is 6.79 Å². The van der Waals surface area contributed by atoms with E-state index >= 15 is 0 Å². The van der Waals surface area contributed by atoms with Crippen LogP contribution in [-0.4, -0.2) is 13.9 Å². The van der Waals surface area contributed by atoms with Crippen LogP contribution in [0.25, 0.3) is 0 Å². The molecular weight excluding hydrogens is 188 g/mol. The fourth-order valence-electron chi connectivity index (χ4n) is 1.46. The van der Waals surface area contributed by atoms with Gasteiger partial charge in [-0.3, -0.25) is 0 Å². The molecule has 15 heavy (non-hydrogen) atoms. The van der Waals surface area contributed by atoms with Crippen molar-refractivity contribution in [3.05, 3.63) is 29.8 Å². The Kier molecular flexibility index (Phi) is 5.86. The molecule has 0 atom stereocenters. The first kappa shape index (κ1) is 12.1. The molecule has 0 saturated carbocycles. The molecule has 0 heterocycles. The number of aryl methyl sites for hydroxylation is 1. The first-order valence-electron chi connectivity index (χ1n) is 5.57. The fraction of sp³-hybridized carbons (Fsp3) is 0.538. The van der Waals surface area contributed by atoms with Gasteiger partial charge in [-0.25, -0.2) is 0 Å². The van der Waals surface area contributed by atoms with Crippen LogP contribution in [0.2, 0.25) is 0 Å². The second-order valence-corrected chi connectivity index (χ2v) is 3.65. The van der Waals surface area contributed by atoms with Gasteiger partial charge in [-0.2, -0.15) is 0 Å². The molecule has 1 aromatic rings. The maximum absolute atomic E-state index is 5.31. The Balaban J connectivity index is 2.35. The van der Waals surface area contributed by atoms with Crippen LogP contribution < -0.4 is 4.74 Å². The highest BCUT2D eigenvalue weighted by Crippen LogP contribution is 2.14. The van der Waals surface area contributed by atoms with Gasteiger partial charge in [0.2, 0.25) is 0 Å². The molecule has 0 radical (unpaired) electrons. The fourth-order valence-corrected chi connectivity index (χ4v) is 1.46. The molecule has 0 unspecified atom stereocenters. The second kappa shape index (κ2) is 7.30. The molecular formula is C13H20O2. The van der Waals surface area contributed by atoms with Crippen LogP contribution in [0.5, 0.6) is 5.75 Å². The van der Waals surface area contributed by atoms with E-state index in [1.807, 2.05) is 12.1 Å². The van der Waals surface area contributed by atoms with E-state index in [0.29, 0.717) is 6.79 Å². The van der Waals surface area contributed by atoms with Crippen LogP contribution in [0, 0.1) is 0 Å². The first-order valence-corrected chi connectivity index (χ1v) is 5.57. The average Bonchev–Trinajstić information content (AvgIpc) is 2.28. The minimum atomic E-state index is 0.315. The van der Waals surface area contributed by atoms with Crippen molar-refractivity contribution in [2.45, 2.75) is 32.6 Å². The maximum atomic E-state index is 5.31. The lowest BCUT2D eigenvalue weighted by atomic mass is 10.1. The minimum Gasteiger partial charge on any atom is -0.468 e. The van der Waals surface area contributed by atoms with E-state index < -0.39 is 0 Å². The smallest absolute Gasteiger partial charge is 0.188 e. The Bertz CT molecular complexity index is 254. The number of hydrogen-bond donors (Lipinski definition) is 0. The number of rotatable bonds is 7. The zero-order chi connectivity index (χ0) is 10.9. The Hall–Kier alpha value is -1.02. The van der Waals surface area contributed by atoms with Crippen molar-refractivity contribution in [3.63, 3.8) is 0 Å². The lowest BCUT2D eigenvalue weighted by molar-refractivity contribution is 0.0511. The van der Waals surface area contributed by atoms with Gasteiger partial charge in [-0.1, -0.05) is 31.9 Å². The van der Waals surface area contributed by atoms with Crippen molar-refractivity contribution < 1.29 is 9.47 Å². The summed E-state index contributed by atoms with van der Waals surface area (Å²) in [7, 11) is 1.62. The van der Waals surface area contributed by atoms with E-state index in [0.717, 1.165) is 5.75 Å². The molecule has 0 aliphatic rings. The lowest BCUT2D eigenvalue weighted by Gasteiger charge is -2.05. The summed E-state index contributed by atoms with van der Waals surface area (Å²) in [6.45, 7) is 2.54. The molecule has 0 N–H and O–H groups in total. The van der Waals surface area contributed by atoms with E-state index in [-0.39, 0.29) is 0 Å². The Morgan fingerprint density at radius 1 is 1.07 bits per heavy atom. The van der Waals surface area contributed by atoms with Gasteiger partial charge in [0, 0.05) is 7.11 Å². The standard InChI is InChI=1S/C13H20O2/c1-3-4-5-6-12-7-9-13(10-8-12)15-11-14-2/h7-10H,3-6,11H2,1-2H3. The summed E-state index contributed by atoms with van der Waals surface area (Å²) in [5, 5.41) is 0. The lowest BCUT2D eigenvalue weighted by Crippen LogP contribution is -1.98. The number of unbranched alkanes of at least 4 members (excludes halogenated alkanes) is 2. The van der Waals surface area contributed by atoms with Crippen LogP contribution in [0.15, 0.2) is 24.3 Å². The second-order valence-electron chi connectivity index (χ2n) is 3.65.